The van der Waals surface area contributed by atoms with E-state index in [0.29, 0.717) is 11.6 Å². The quantitative estimate of drug-likeness (QED) is 0.565. The molecule has 0 radical (unpaired) electrons. The molecule has 6 heteroatoms. The molecule has 0 fully saturated rings. The zero-order valence-electron chi connectivity index (χ0n) is 13.2. The van der Waals surface area contributed by atoms with Crippen LogP contribution in [0.3, 0.4) is 0 Å². The lowest BCUT2D eigenvalue weighted by molar-refractivity contribution is 0.664. The SMILES string of the molecule is CCn1c(Cn2ccnc2-c2cccc(Cl)c2)nc2cccnc21. The number of benzene rings is 1. The monoisotopic (exact) mass is 337 g/mol. The Balaban J connectivity index is 1.76. The molecule has 0 aliphatic carbocycles. The molecular formula is C18H16ClN5. The lowest BCUT2D eigenvalue weighted by Gasteiger charge is -2.09. The standard InChI is InChI=1S/C18H16ClN5/c1-2-24-16(22-15-7-4-8-20-18(15)24)12-23-10-9-21-17(23)13-5-3-6-14(19)11-13/h3-11H,2,12H2,1H3. The summed E-state index contributed by atoms with van der Waals surface area (Å²) in [7, 11) is 0. The van der Waals surface area contributed by atoms with Gasteiger partial charge in [0.15, 0.2) is 5.65 Å². The molecule has 5 nitrogen and oxygen atoms in total. The Labute approximate surface area is 144 Å². The highest BCUT2D eigenvalue weighted by Crippen LogP contribution is 2.22. The third-order valence-corrected chi connectivity index (χ3v) is 4.24. The van der Waals surface area contributed by atoms with Gasteiger partial charge in [0.2, 0.25) is 0 Å². The Morgan fingerprint density at radius 1 is 1.08 bits per heavy atom. The highest BCUT2D eigenvalue weighted by molar-refractivity contribution is 6.30. The van der Waals surface area contributed by atoms with Crippen molar-refractivity contribution >= 4 is 22.8 Å². The zero-order valence-corrected chi connectivity index (χ0v) is 14.0. The average Bonchev–Trinajstić information content (AvgIpc) is 3.19. The van der Waals surface area contributed by atoms with E-state index in [4.69, 9.17) is 16.6 Å². The molecule has 0 bridgehead atoms. The summed E-state index contributed by atoms with van der Waals surface area (Å²) >= 11 is 6.11. The summed E-state index contributed by atoms with van der Waals surface area (Å²) in [5, 5.41) is 0.701. The first-order valence-corrected chi connectivity index (χ1v) is 8.21. The van der Waals surface area contributed by atoms with Crippen LogP contribution in [0.5, 0.6) is 0 Å². The molecule has 0 atom stereocenters. The molecule has 0 amide bonds. The molecule has 3 aromatic heterocycles. The van der Waals surface area contributed by atoms with Crippen LogP contribution in [-0.2, 0) is 13.1 Å². The van der Waals surface area contributed by atoms with Gasteiger partial charge in [-0.1, -0.05) is 23.7 Å². The number of aromatic nitrogens is 5. The molecule has 0 spiro atoms. The van der Waals surface area contributed by atoms with Crippen molar-refractivity contribution in [2.45, 2.75) is 20.0 Å². The average molecular weight is 338 g/mol. The van der Waals surface area contributed by atoms with Gasteiger partial charge in [0.25, 0.3) is 0 Å². The van der Waals surface area contributed by atoms with Crippen molar-refractivity contribution in [3.05, 3.63) is 65.8 Å². The Morgan fingerprint density at radius 3 is 2.83 bits per heavy atom. The molecule has 0 aliphatic heterocycles. The van der Waals surface area contributed by atoms with E-state index in [1.54, 1.807) is 12.4 Å². The van der Waals surface area contributed by atoms with Crippen LogP contribution in [0, 0.1) is 0 Å². The van der Waals surface area contributed by atoms with Crippen LogP contribution in [0.25, 0.3) is 22.6 Å². The second-order valence-electron chi connectivity index (χ2n) is 5.51. The van der Waals surface area contributed by atoms with Crippen LogP contribution >= 0.6 is 11.6 Å². The molecule has 0 N–H and O–H groups in total. The molecule has 0 unspecified atom stereocenters. The normalized spacial score (nSPS) is 11.2. The van der Waals surface area contributed by atoms with Gasteiger partial charge < -0.3 is 9.13 Å². The summed E-state index contributed by atoms with van der Waals surface area (Å²) in [6.45, 7) is 3.56. The van der Waals surface area contributed by atoms with Gasteiger partial charge >= 0.3 is 0 Å². The van der Waals surface area contributed by atoms with Crippen LogP contribution in [0.2, 0.25) is 5.02 Å². The molecule has 0 saturated heterocycles. The van der Waals surface area contributed by atoms with Crippen molar-refractivity contribution in [1.29, 1.82) is 0 Å². The van der Waals surface area contributed by atoms with E-state index in [0.717, 1.165) is 34.9 Å². The summed E-state index contributed by atoms with van der Waals surface area (Å²) in [4.78, 5) is 13.7. The van der Waals surface area contributed by atoms with Crippen molar-refractivity contribution < 1.29 is 0 Å². The fourth-order valence-electron chi connectivity index (χ4n) is 2.94. The minimum absolute atomic E-state index is 0.631. The highest BCUT2D eigenvalue weighted by Gasteiger charge is 2.13. The van der Waals surface area contributed by atoms with Crippen molar-refractivity contribution in [3.63, 3.8) is 0 Å². The largest absolute Gasteiger partial charge is 0.323 e. The third kappa shape index (κ3) is 2.57. The number of nitrogens with zero attached hydrogens (tertiary/aromatic N) is 5. The Morgan fingerprint density at radius 2 is 2.00 bits per heavy atom. The maximum Gasteiger partial charge on any atom is 0.160 e. The number of pyridine rings is 1. The maximum atomic E-state index is 6.11. The Bertz CT molecular complexity index is 1000. The predicted octanol–water partition coefficient (Wildman–Crippen LogP) is 4.02. The third-order valence-electron chi connectivity index (χ3n) is 4.01. The van der Waals surface area contributed by atoms with Gasteiger partial charge in [0.1, 0.15) is 17.2 Å². The summed E-state index contributed by atoms with van der Waals surface area (Å²) < 4.78 is 4.22. The number of fused-ring (bicyclic) bond motifs is 1. The fraction of sp³-hybridized carbons (Fsp3) is 0.167. The van der Waals surface area contributed by atoms with E-state index in [1.165, 1.54) is 0 Å². The lowest BCUT2D eigenvalue weighted by atomic mass is 10.2. The lowest BCUT2D eigenvalue weighted by Crippen LogP contribution is -2.09. The first-order chi connectivity index (χ1) is 11.8. The van der Waals surface area contributed by atoms with E-state index in [9.17, 15) is 0 Å². The molecule has 4 aromatic rings. The molecule has 4 rings (SSSR count). The van der Waals surface area contributed by atoms with Crippen LogP contribution in [0.1, 0.15) is 12.7 Å². The van der Waals surface area contributed by atoms with Crippen LogP contribution in [0.4, 0.5) is 0 Å². The van der Waals surface area contributed by atoms with Crippen molar-refractivity contribution in [2.24, 2.45) is 0 Å². The molecule has 1 aromatic carbocycles. The molecule has 0 aliphatic rings. The van der Waals surface area contributed by atoms with Crippen molar-refractivity contribution in [2.75, 3.05) is 0 Å². The van der Waals surface area contributed by atoms with Crippen LogP contribution < -0.4 is 0 Å². The summed E-state index contributed by atoms with van der Waals surface area (Å²) in [6.07, 6.45) is 5.56. The van der Waals surface area contributed by atoms with Gasteiger partial charge in [-0.2, -0.15) is 0 Å². The number of halogens is 1. The Kier molecular flexibility index (Phi) is 3.78. The van der Waals surface area contributed by atoms with E-state index < -0.39 is 0 Å². The first kappa shape index (κ1) is 14.9. The van der Waals surface area contributed by atoms with Crippen molar-refractivity contribution in [1.82, 2.24) is 24.1 Å². The Hall–Kier alpha value is -2.66. The number of imidazole rings is 2. The predicted molar refractivity (Wildman–Crippen MR) is 95.0 cm³/mol. The van der Waals surface area contributed by atoms with Gasteiger partial charge in [0, 0.05) is 35.7 Å². The topological polar surface area (TPSA) is 48.5 Å². The number of aryl methyl sites for hydroxylation is 1. The second-order valence-corrected chi connectivity index (χ2v) is 5.94. The number of hydrogen-bond acceptors (Lipinski definition) is 3. The first-order valence-electron chi connectivity index (χ1n) is 7.83. The molecule has 3 heterocycles. The number of rotatable bonds is 4. The number of hydrogen-bond donors (Lipinski definition) is 0. The van der Waals surface area contributed by atoms with Crippen LogP contribution in [0.15, 0.2) is 55.0 Å². The fourth-order valence-corrected chi connectivity index (χ4v) is 3.13. The second kappa shape index (κ2) is 6.09. The van der Waals surface area contributed by atoms with Gasteiger partial charge in [-0.15, -0.1) is 0 Å². The molecular weight excluding hydrogens is 322 g/mol. The van der Waals surface area contributed by atoms with Gasteiger partial charge in [-0.25, -0.2) is 15.0 Å². The van der Waals surface area contributed by atoms with E-state index in [2.05, 4.69) is 26.0 Å². The smallest absolute Gasteiger partial charge is 0.160 e. The van der Waals surface area contributed by atoms with Crippen LogP contribution in [-0.4, -0.2) is 24.1 Å². The minimum Gasteiger partial charge on any atom is -0.323 e. The minimum atomic E-state index is 0.631. The van der Waals surface area contributed by atoms with E-state index in [1.807, 2.05) is 42.6 Å². The van der Waals surface area contributed by atoms with Gasteiger partial charge in [0.05, 0.1) is 6.54 Å². The highest BCUT2D eigenvalue weighted by atomic mass is 35.5. The maximum absolute atomic E-state index is 6.11. The summed E-state index contributed by atoms with van der Waals surface area (Å²) in [5.74, 6) is 1.84. The van der Waals surface area contributed by atoms with E-state index in [-0.39, 0.29) is 0 Å². The van der Waals surface area contributed by atoms with Gasteiger partial charge in [-0.05, 0) is 31.2 Å². The van der Waals surface area contributed by atoms with E-state index >= 15 is 0 Å². The summed E-state index contributed by atoms with van der Waals surface area (Å²) in [6, 6.07) is 11.6. The van der Waals surface area contributed by atoms with Crippen molar-refractivity contribution in [3.8, 4) is 11.4 Å². The summed E-state index contributed by atoms with van der Waals surface area (Å²) in [5.41, 5.74) is 2.82. The molecule has 24 heavy (non-hydrogen) atoms. The molecule has 120 valence electrons. The molecule has 0 saturated carbocycles. The zero-order chi connectivity index (χ0) is 16.5. The van der Waals surface area contributed by atoms with Gasteiger partial charge in [-0.3, -0.25) is 0 Å².